The van der Waals surface area contributed by atoms with Crippen molar-refractivity contribution in [2.24, 2.45) is 0 Å². The molecule has 1 unspecified atom stereocenters. The SMILES string of the molecule is O=C(O)C(CCc1cnno1)c1cnno1. The van der Waals surface area contributed by atoms with Crippen LogP contribution in [0.5, 0.6) is 0 Å². The van der Waals surface area contributed by atoms with Gasteiger partial charge in [-0.25, -0.2) is 0 Å². The van der Waals surface area contributed by atoms with Crippen LogP contribution in [0.1, 0.15) is 23.9 Å². The van der Waals surface area contributed by atoms with Crippen LogP contribution in [0.3, 0.4) is 0 Å². The van der Waals surface area contributed by atoms with E-state index in [9.17, 15) is 4.79 Å². The number of hydrogen-bond donors (Lipinski definition) is 1. The van der Waals surface area contributed by atoms with E-state index in [-0.39, 0.29) is 5.76 Å². The van der Waals surface area contributed by atoms with Gasteiger partial charge in [0.2, 0.25) is 0 Å². The van der Waals surface area contributed by atoms with Crippen LogP contribution in [0.25, 0.3) is 0 Å². The molecule has 0 fully saturated rings. The molecule has 16 heavy (non-hydrogen) atoms. The number of aryl methyl sites for hydroxylation is 1. The summed E-state index contributed by atoms with van der Waals surface area (Å²) in [5, 5.41) is 22.5. The van der Waals surface area contributed by atoms with Crippen molar-refractivity contribution in [3.63, 3.8) is 0 Å². The molecule has 0 saturated carbocycles. The number of nitrogens with zero attached hydrogens (tertiary/aromatic N) is 4. The van der Waals surface area contributed by atoms with Crippen LogP contribution in [0.15, 0.2) is 21.4 Å². The van der Waals surface area contributed by atoms with Crippen molar-refractivity contribution in [2.45, 2.75) is 18.8 Å². The van der Waals surface area contributed by atoms with E-state index in [1.807, 2.05) is 0 Å². The fourth-order valence-corrected chi connectivity index (χ4v) is 1.30. The minimum Gasteiger partial charge on any atom is -0.481 e. The predicted octanol–water partition coefficient (Wildman–Crippen LogP) is 0.254. The molecule has 2 heterocycles. The smallest absolute Gasteiger partial charge is 0.314 e. The number of carboxylic acids is 1. The zero-order valence-electron chi connectivity index (χ0n) is 8.11. The third-order valence-electron chi connectivity index (χ3n) is 2.11. The molecule has 2 aromatic rings. The monoisotopic (exact) mass is 224 g/mol. The summed E-state index contributed by atoms with van der Waals surface area (Å²) in [5.41, 5.74) is 0. The molecule has 0 bridgehead atoms. The number of hydrogen-bond acceptors (Lipinski definition) is 7. The number of carboxylic acid groups (broad SMARTS) is 1. The van der Waals surface area contributed by atoms with E-state index >= 15 is 0 Å². The minimum absolute atomic E-state index is 0.222. The molecule has 0 aliphatic carbocycles. The largest absolute Gasteiger partial charge is 0.481 e. The Balaban J connectivity index is 2.02. The normalized spacial score (nSPS) is 12.5. The Kier molecular flexibility index (Phi) is 2.90. The molecular formula is C8H8N4O4. The van der Waals surface area contributed by atoms with Gasteiger partial charge in [0.25, 0.3) is 0 Å². The van der Waals surface area contributed by atoms with Gasteiger partial charge in [-0.2, -0.15) is 0 Å². The van der Waals surface area contributed by atoms with Gasteiger partial charge in [0.15, 0.2) is 11.5 Å². The third kappa shape index (κ3) is 2.22. The molecule has 0 spiro atoms. The van der Waals surface area contributed by atoms with Gasteiger partial charge in [-0.15, -0.1) is 10.2 Å². The first-order valence-electron chi connectivity index (χ1n) is 4.53. The summed E-state index contributed by atoms with van der Waals surface area (Å²) >= 11 is 0. The standard InChI is InChI=1S/C8H8N4O4/c13-8(14)6(7-4-10-12-16-7)2-1-5-3-9-11-15-5/h3-4,6H,1-2H2,(H,13,14). The van der Waals surface area contributed by atoms with Gasteiger partial charge < -0.3 is 14.2 Å². The lowest BCUT2D eigenvalue weighted by Gasteiger charge is -2.05. The molecular weight excluding hydrogens is 216 g/mol. The highest BCUT2D eigenvalue weighted by molar-refractivity contribution is 5.74. The summed E-state index contributed by atoms with van der Waals surface area (Å²) in [4.78, 5) is 11.0. The Morgan fingerprint density at radius 1 is 1.31 bits per heavy atom. The lowest BCUT2D eigenvalue weighted by atomic mass is 10.0. The average molecular weight is 224 g/mol. The predicted molar refractivity (Wildman–Crippen MR) is 47.3 cm³/mol. The molecule has 0 radical (unpaired) electrons. The van der Waals surface area contributed by atoms with Crippen LogP contribution in [0.4, 0.5) is 0 Å². The summed E-state index contributed by atoms with van der Waals surface area (Å²) < 4.78 is 9.49. The first-order chi connectivity index (χ1) is 7.77. The Hall–Kier alpha value is -2.25. The lowest BCUT2D eigenvalue weighted by molar-refractivity contribution is -0.139. The lowest BCUT2D eigenvalue weighted by Crippen LogP contribution is -2.11. The quantitative estimate of drug-likeness (QED) is 0.768. The van der Waals surface area contributed by atoms with E-state index < -0.39 is 11.9 Å². The van der Waals surface area contributed by atoms with Gasteiger partial charge >= 0.3 is 5.97 Å². The fourth-order valence-electron chi connectivity index (χ4n) is 1.30. The highest BCUT2D eigenvalue weighted by Crippen LogP contribution is 2.20. The molecule has 0 aliphatic heterocycles. The van der Waals surface area contributed by atoms with Crippen LogP contribution in [0.2, 0.25) is 0 Å². The number of rotatable bonds is 5. The second kappa shape index (κ2) is 4.51. The molecule has 84 valence electrons. The van der Waals surface area contributed by atoms with Gasteiger partial charge in [0, 0.05) is 17.0 Å². The molecule has 2 rings (SSSR count). The molecule has 0 saturated heterocycles. The Morgan fingerprint density at radius 3 is 2.62 bits per heavy atom. The highest BCUT2D eigenvalue weighted by atomic mass is 16.5. The maximum absolute atomic E-state index is 11.0. The van der Waals surface area contributed by atoms with E-state index in [4.69, 9.17) is 14.2 Å². The molecule has 0 aromatic carbocycles. The van der Waals surface area contributed by atoms with Crippen molar-refractivity contribution in [1.82, 2.24) is 20.7 Å². The summed E-state index contributed by atoms with van der Waals surface area (Å²) in [6, 6.07) is 0. The topological polar surface area (TPSA) is 115 Å². The summed E-state index contributed by atoms with van der Waals surface area (Å²) in [7, 11) is 0. The van der Waals surface area contributed by atoms with Crippen molar-refractivity contribution in [2.75, 3.05) is 0 Å². The Labute approximate surface area is 89.2 Å². The summed E-state index contributed by atoms with van der Waals surface area (Å²) in [6.45, 7) is 0. The van der Waals surface area contributed by atoms with Crippen molar-refractivity contribution in [3.05, 3.63) is 23.9 Å². The van der Waals surface area contributed by atoms with Gasteiger partial charge in [-0.3, -0.25) is 4.79 Å². The Morgan fingerprint density at radius 2 is 2.06 bits per heavy atom. The average Bonchev–Trinajstić information content (AvgIpc) is 2.88. The van der Waals surface area contributed by atoms with Gasteiger partial charge in [-0.1, -0.05) is 0 Å². The van der Waals surface area contributed by atoms with Crippen molar-refractivity contribution < 1.29 is 18.9 Å². The maximum atomic E-state index is 11.0. The molecule has 8 nitrogen and oxygen atoms in total. The second-order valence-corrected chi connectivity index (χ2v) is 3.13. The van der Waals surface area contributed by atoms with Gasteiger partial charge in [0.05, 0.1) is 12.4 Å². The molecule has 2 aromatic heterocycles. The minimum atomic E-state index is -0.994. The summed E-state index contributed by atoms with van der Waals surface area (Å²) in [6.07, 6.45) is 3.45. The van der Waals surface area contributed by atoms with E-state index in [1.54, 1.807) is 0 Å². The Bertz CT molecular complexity index is 439. The maximum Gasteiger partial charge on any atom is 0.314 e. The van der Waals surface area contributed by atoms with Crippen LogP contribution < -0.4 is 0 Å². The van der Waals surface area contributed by atoms with Crippen LogP contribution >= 0.6 is 0 Å². The molecule has 1 N–H and O–H groups in total. The number of aliphatic carboxylic acids is 1. The zero-order chi connectivity index (χ0) is 11.4. The van der Waals surface area contributed by atoms with Crippen molar-refractivity contribution in [1.29, 1.82) is 0 Å². The molecule has 0 amide bonds. The fraction of sp³-hybridized carbons (Fsp3) is 0.375. The summed E-state index contributed by atoms with van der Waals surface area (Å²) in [5.74, 6) is -1.04. The van der Waals surface area contributed by atoms with Gasteiger partial charge in [-0.05, 0) is 6.42 Å². The first kappa shape index (κ1) is 10.3. The van der Waals surface area contributed by atoms with Crippen LogP contribution in [-0.4, -0.2) is 31.8 Å². The second-order valence-electron chi connectivity index (χ2n) is 3.13. The first-order valence-corrected chi connectivity index (χ1v) is 4.53. The van der Waals surface area contributed by atoms with Crippen LogP contribution in [0, 0.1) is 0 Å². The van der Waals surface area contributed by atoms with E-state index in [1.165, 1.54) is 12.4 Å². The van der Waals surface area contributed by atoms with Gasteiger partial charge in [0.1, 0.15) is 5.92 Å². The van der Waals surface area contributed by atoms with E-state index in [0.717, 1.165) is 0 Å². The van der Waals surface area contributed by atoms with E-state index in [2.05, 4.69) is 20.7 Å². The third-order valence-corrected chi connectivity index (χ3v) is 2.11. The number of aromatic nitrogens is 4. The highest BCUT2D eigenvalue weighted by Gasteiger charge is 2.24. The molecule has 1 atom stereocenters. The van der Waals surface area contributed by atoms with Crippen molar-refractivity contribution in [3.8, 4) is 0 Å². The molecule has 8 heteroatoms. The van der Waals surface area contributed by atoms with Crippen LogP contribution in [-0.2, 0) is 11.2 Å². The van der Waals surface area contributed by atoms with Crippen molar-refractivity contribution >= 4 is 5.97 Å². The van der Waals surface area contributed by atoms with E-state index in [0.29, 0.717) is 18.6 Å². The zero-order valence-corrected chi connectivity index (χ0v) is 8.11. The number of carbonyl (C=O) groups is 1. The molecule has 0 aliphatic rings.